The van der Waals surface area contributed by atoms with Gasteiger partial charge >= 0.3 is 0 Å². The molecule has 0 aliphatic carbocycles. The van der Waals surface area contributed by atoms with Gasteiger partial charge in [-0.2, -0.15) is 0 Å². The van der Waals surface area contributed by atoms with Crippen LogP contribution in [0.25, 0.3) is 10.9 Å². The van der Waals surface area contributed by atoms with Gasteiger partial charge in [0, 0.05) is 41.8 Å². The van der Waals surface area contributed by atoms with Gasteiger partial charge in [-0.25, -0.2) is 4.98 Å². The van der Waals surface area contributed by atoms with Crippen molar-refractivity contribution in [1.82, 2.24) is 9.88 Å². The first-order valence-electron chi connectivity index (χ1n) is 8.84. The summed E-state index contributed by atoms with van der Waals surface area (Å²) in [4.78, 5) is 18.7. The predicted octanol–water partition coefficient (Wildman–Crippen LogP) is 4.46. The number of nitrogens with zero attached hydrogens (tertiary/aromatic N) is 2. The first-order valence-corrected chi connectivity index (χ1v) is 9.59. The third-order valence-corrected chi connectivity index (χ3v) is 5.21. The van der Waals surface area contributed by atoms with E-state index in [2.05, 4.69) is 4.98 Å². The van der Waals surface area contributed by atoms with E-state index in [-0.39, 0.29) is 17.5 Å². The van der Waals surface area contributed by atoms with Crippen LogP contribution in [0.5, 0.6) is 5.75 Å². The standard InChI is InChI=1S/C21H21Cl2N3O2/c1-13-6-7-14-4-3-5-18(20(14)25-13)28-12-16-17(22)9-8-15(19(16)23)21(27)26(2)11-10-24/h3-9H,10-12,24H2,1-2H3. The Morgan fingerprint density at radius 3 is 2.71 bits per heavy atom. The molecule has 0 saturated carbocycles. The van der Waals surface area contributed by atoms with Crippen LogP contribution in [0.1, 0.15) is 21.6 Å². The number of hydrogen-bond acceptors (Lipinski definition) is 4. The Hall–Kier alpha value is -2.34. The van der Waals surface area contributed by atoms with Crippen molar-refractivity contribution in [2.45, 2.75) is 13.5 Å². The van der Waals surface area contributed by atoms with Crippen LogP contribution in [-0.4, -0.2) is 35.9 Å². The number of para-hydroxylation sites is 1. The molecule has 0 aliphatic heterocycles. The van der Waals surface area contributed by atoms with E-state index in [4.69, 9.17) is 33.7 Å². The lowest BCUT2D eigenvalue weighted by atomic mass is 10.1. The molecule has 2 N–H and O–H groups in total. The highest BCUT2D eigenvalue weighted by Crippen LogP contribution is 2.31. The Morgan fingerprint density at radius 2 is 1.96 bits per heavy atom. The summed E-state index contributed by atoms with van der Waals surface area (Å²) in [5.41, 5.74) is 8.12. The van der Waals surface area contributed by atoms with E-state index in [9.17, 15) is 4.79 Å². The molecule has 1 aromatic heterocycles. The molecule has 2 aromatic carbocycles. The molecule has 0 spiro atoms. The summed E-state index contributed by atoms with van der Waals surface area (Å²) in [7, 11) is 1.68. The van der Waals surface area contributed by atoms with Crippen molar-refractivity contribution in [3.05, 3.63) is 69.3 Å². The second-order valence-electron chi connectivity index (χ2n) is 6.47. The number of benzene rings is 2. The Balaban J connectivity index is 1.90. The monoisotopic (exact) mass is 417 g/mol. The van der Waals surface area contributed by atoms with Crippen molar-refractivity contribution < 1.29 is 9.53 Å². The van der Waals surface area contributed by atoms with E-state index in [1.165, 1.54) is 4.90 Å². The number of amides is 1. The van der Waals surface area contributed by atoms with Crippen molar-refractivity contribution in [2.75, 3.05) is 20.1 Å². The number of rotatable bonds is 6. The van der Waals surface area contributed by atoms with Gasteiger partial charge in [0.15, 0.2) is 0 Å². The van der Waals surface area contributed by atoms with Crippen molar-refractivity contribution in [3.8, 4) is 5.75 Å². The number of likely N-dealkylation sites (N-methyl/N-ethyl adjacent to an activating group) is 1. The maximum atomic E-state index is 12.6. The van der Waals surface area contributed by atoms with Crippen LogP contribution in [0, 0.1) is 6.92 Å². The zero-order valence-corrected chi connectivity index (χ0v) is 17.2. The summed E-state index contributed by atoms with van der Waals surface area (Å²) >= 11 is 12.8. The summed E-state index contributed by atoms with van der Waals surface area (Å²) in [6, 6.07) is 12.9. The van der Waals surface area contributed by atoms with E-state index < -0.39 is 0 Å². The van der Waals surface area contributed by atoms with Crippen LogP contribution in [0.15, 0.2) is 42.5 Å². The largest absolute Gasteiger partial charge is 0.487 e. The Labute approximate surface area is 174 Å². The van der Waals surface area contributed by atoms with E-state index in [1.807, 2.05) is 37.3 Å². The molecule has 1 amide bonds. The van der Waals surface area contributed by atoms with Gasteiger partial charge in [0.25, 0.3) is 5.91 Å². The second-order valence-corrected chi connectivity index (χ2v) is 7.26. The average molecular weight is 418 g/mol. The second kappa shape index (κ2) is 8.78. The maximum absolute atomic E-state index is 12.6. The number of pyridine rings is 1. The molecule has 0 radical (unpaired) electrons. The molecule has 28 heavy (non-hydrogen) atoms. The molecule has 0 fully saturated rings. The molecular formula is C21H21Cl2N3O2. The lowest BCUT2D eigenvalue weighted by molar-refractivity contribution is 0.0799. The highest BCUT2D eigenvalue weighted by molar-refractivity contribution is 6.38. The Bertz CT molecular complexity index is 1020. The normalized spacial score (nSPS) is 10.9. The first-order chi connectivity index (χ1) is 13.4. The molecule has 146 valence electrons. The minimum Gasteiger partial charge on any atom is -0.487 e. The van der Waals surface area contributed by atoms with Crippen LogP contribution in [0.3, 0.4) is 0 Å². The molecule has 0 bridgehead atoms. The SMILES string of the molecule is Cc1ccc2cccc(OCc3c(Cl)ccc(C(=O)N(C)CCN)c3Cl)c2n1. The number of aryl methyl sites for hydroxylation is 1. The van der Waals surface area contributed by atoms with Gasteiger partial charge in [0.1, 0.15) is 17.9 Å². The van der Waals surface area contributed by atoms with E-state index in [0.29, 0.717) is 35.0 Å². The van der Waals surface area contributed by atoms with E-state index in [1.54, 1.807) is 19.2 Å². The van der Waals surface area contributed by atoms with Gasteiger partial charge in [0.05, 0.1) is 10.6 Å². The van der Waals surface area contributed by atoms with Crippen LogP contribution >= 0.6 is 23.2 Å². The third kappa shape index (κ3) is 4.22. The number of carbonyl (C=O) groups is 1. The fourth-order valence-electron chi connectivity index (χ4n) is 2.88. The molecule has 1 heterocycles. The molecule has 0 unspecified atom stereocenters. The van der Waals surface area contributed by atoms with Crippen molar-refractivity contribution in [2.24, 2.45) is 5.73 Å². The molecule has 0 atom stereocenters. The zero-order valence-electron chi connectivity index (χ0n) is 15.7. The van der Waals surface area contributed by atoms with Gasteiger partial charge in [-0.3, -0.25) is 4.79 Å². The number of aromatic nitrogens is 1. The lowest BCUT2D eigenvalue weighted by Gasteiger charge is -2.18. The maximum Gasteiger partial charge on any atom is 0.255 e. The smallest absolute Gasteiger partial charge is 0.255 e. The molecule has 0 aliphatic rings. The van der Waals surface area contributed by atoms with Crippen LogP contribution in [0.4, 0.5) is 0 Å². The van der Waals surface area contributed by atoms with E-state index >= 15 is 0 Å². The fourth-order valence-corrected chi connectivity index (χ4v) is 3.44. The van der Waals surface area contributed by atoms with Crippen molar-refractivity contribution >= 4 is 40.0 Å². The number of nitrogens with two attached hydrogens (primary N) is 1. The van der Waals surface area contributed by atoms with Gasteiger partial charge in [-0.05, 0) is 31.2 Å². The Morgan fingerprint density at radius 1 is 1.18 bits per heavy atom. The topological polar surface area (TPSA) is 68.5 Å². The molecule has 3 rings (SSSR count). The molecule has 0 saturated heterocycles. The van der Waals surface area contributed by atoms with E-state index in [0.717, 1.165) is 16.6 Å². The molecule has 5 nitrogen and oxygen atoms in total. The number of halogens is 2. The number of hydrogen-bond donors (Lipinski definition) is 1. The minimum atomic E-state index is -0.212. The summed E-state index contributed by atoms with van der Waals surface area (Å²) in [5, 5.41) is 1.70. The molecule has 7 heteroatoms. The predicted molar refractivity (Wildman–Crippen MR) is 113 cm³/mol. The lowest BCUT2D eigenvalue weighted by Crippen LogP contribution is -2.32. The quantitative estimate of drug-likeness (QED) is 0.642. The van der Waals surface area contributed by atoms with Crippen molar-refractivity contribution in [1.29, 1.82) is 0 Å². The highest BCUT2D eigenvalue weighted by Gasteiger charge is 2.19. The number of ether oxygens (including phenoxy) is 1. The first kappa shape index (κ1) is 20.4. The molecule has 3 aromatic rings. The summed E-state index contributed by atoms with van der Waals surface area (Å²) in [6.07, 6.45) is 0. The molecular weight excluding hydrogens is 397 g/mol. The van der Waals surface area contributed by atoms with Gasteiger partial charge in [-0.15, -0.1) is 0 Å². The number of fused-ring (bicyclic) bond motifs is 1. The van der Waals surface area contributed by atoms with Crippen LogP contribution in [-0.2, 0) is 6.61 Å². The van der Waals surface area contributed by atoms with Gasteiger partial charge in [-0.1, -0.05) is 41.4 Å². The van der Waals surface area contributed by atoms with Crippen LogP contribution < -0.4 is 10.5 Å². The average Bonchev–Trinajstić information content (AvgIpc) is 2.67. The highest BCUT2D eigenvalue weighted by atomic mass is 35.5. The summed E-state index contributed by atoms with van der Waals surface area (Å²) in [5.74, 6) is 0.418. The van der Waals surface area contributed by atoms with Crippen LogP contribution in [0.2, 0.25) is 10.0 Å². The minimum absolute atomic E-state index is 0.119. The van der Waals surface area contributed by atoms with Crippen molar-refractivity contribution in [3.63, 3.8) is 0 Å². The van der Waals surface area contributed by atoms with Gasteiger partial charge in [0.2, 0.25) is 0 Å². The van der Waals surface area contributed by atoms with Gasteiger partial charge < -0.3 is 15.4 Å². The zero-order chi connectivity index (χ0) is 20.3. The number of carbonyl (C=O) groups excluding carboxylic acids is 1. The summed E-state index contributed by atoms with van der Waals surface area (Å²) in [6.45, 7) is 2.85. The fraction of sp³-hybridized carbons (Fsp3) is 0.238. The third-order valence-electron chi connectivity index (χ3n) is 4.42. The summed E-state index contributed by atoms with van der Waals surface area (Å²) < 4.78 is 5.99. The Kier molecular flexibility index (Phi) is 6.39.